The summed E-state index contributed by atoms with van der Waals surface area (Å²) >= 11 is 0. The van der Waals surface area contributed by atoms with E-state index in [4.69, 9.17) is 9.98 Å². The topological polar surface area (TPSA) is 65.2 Å². The number of benzene rings is 2. The largest absolute Gasteiger partial charge is 0.507 e. The second-order valence-electron chi connectivity index (χ2n) is 17.9. The number of hydrogen-bond donors (Lipinski definition) is 2. The lowest BCUT2D eigenvalue weighted by Gasteiger charge is -2.57. The fourth-order valence-electron chi connectivity index (χ4n) is 13.3. The van der Waals surface area contributed by atoms with E-state index < -0.39 is 0 Å². The van der Waals surface area contributed by atoms with Crippen LogP contribution in [0.25, 0.3) is 0 Å². The van der Waals surface area contributed by atoms with Gasteiger partial charge in [0.25, 0.3) is 0 Å². The number of aryl methyl sites for hydroxylation is 2. The van der Waals surface area contributed by atoms with E-state index in [-0.39, 0.29) is 22.9 Å². The smallest absolute Gasteiger partial charge is 0.128 e. The molecule has 4 heteroatoms. The summed E-state index contributed by atoms with van der Waals surface area (Å²) in [5.74, 6) is 6.05. The number of rotatable bonds is 6. The number of aliphatic imine (C=N–C) groups is 2. The van der Waals surface area contributed by atoms with Crippen molar-refractivity contribution in [3.63, 3.8) is 0 Å². The van der Waals surface area contributed by atoms with Gasteiger partial charge in [-0.25, -0.2) is 0 Å². The Kier molecular flexibility index (Phi) is 7.03. The molecule has 2 aromatic carbocycles. The monoisotopic (exact) mass is 618 g/mol. The van der Waals surface area contributed by atoms with Gasteiger partial charge in [-0.05, 0) is 173 Å². The normalized spacial score (nSPS) is 40.9. The van der Waals surface area contributed by atoms with Gasteiger partial charge in [0.05, 0.1) is 12.1 Å². The van der Waals surface area contributed by atoms with Crippen molar-refractivity contribution in [3.8, 4) is 11.5 Å². The summed E-state index contributed by atoms with van der Waals surface area (Å²) in [6.45, 7) is 4.36. The highest BCUT2D eigenvalue weighted by molar-refractivity contribution is 5.86. The maximum Gasteiger partial charge on any atom is 0.128 e. The summed E-state index contributed by atoms with van der Waals surface area (Å²) in [4.78, 5) is 10.3. The number of phenols is 2. The average molecular weight is 619 g/mol. The molecule has 9 saturated carbocycles. The lowest BCUT2D eigenvalue weighted by Crippen LogP contribution is -2.48. The SMILES string of the molecule is Cc1cc(C=N[C@@H]2CCCC[C@H]2N=Cc2cc(C)cc(C34CC5CC(CC(C5)C3)C4)c2O)c(O)c(C23CC4CC(CC(C4)C2)C3)c1. The van der Waals surface area contributed by atoms with Crippen LogP contribution in [0.1, 0.15) is 136 Å². The molecule has 244 valence electrons. The molecule has 0 aromatic heterocycles. The maximum absolute atomic E-state index is 11.7. The third kappa shape index (κ3) is 4.98. The predicted octanol–water partition coefficient (Wildman–Crippen LogP) is 9.50. The molecule has 0 radical (unpaired) electrons. The Bertz CT molecular complexity index is 1400. The minimum absolute atomic E-state index is 0.0995. The fourth-order valence-corrected chi connectivity index (χ4v) is 13.3. The Morgan fingerprint density at radius 1 is 0.543 bits per heavy atom. The van der Waals surface area contributed by atoms with Crippen molar-refractivity contribution < 1.29 is 10.2 Å². The third-order valence-corrected chi connectivity index (χ3v) is 14.3. The van der Waals surface area contributed by atoms with Gasteiger partial charge in [-0.2, -0.15) is 0 Å². The highest BCUT2D eigenvalue weighted by Crippen LogP contribution is 2.63. The zero-order chi connectivity index (χ0) is 31.2. The van der Waals surface area contributed by atoms with Gasteiger partial charge < -0.3 is 10.2 Å². The first kappa shape index (κ1) is 29.5. The van der Waals surface area contributed by atoms with Crippen molar-refractivity contribution in [2.45, 2.75) is 139 Å². The summed E-state index contributed by atoms with van der Waals surface area (Å²) in [6, 6.07) is 9.03. The number of aromatic hydroxyl groups is 2. The van der Waals surface area contributed by atoms with Gasteiger partial charge in [-0.15, -0.1) is 0 Å². The minimum atomic E-state index is 0.0995. The van der Waals surface area contributed by atoms with E-state index in [1.54, 1.807) is 0 Å². The minimum Gasteiger partial charge on any atom is -0.507 e. The first-order valence-electron chi connectivity index (χ1n) is 19.0. The van der Waals surface area contributed by atoms with E-state index >= 15 is 0 Å². The molecule has 0 saturated heterocycles. The van der Waals surface area contributed by atoms with Crippen LogP contribution >= 0.6 is 0 Å². The van der Waals surface area contributed by atoms with Gasteiger partial charge in [0.15, 0.2) is 0 Å². The van der Waals surface area contributed by atoms with E-state index in [9.17, 15) is 10.2 Å². The van der Waals surface area contributed by atoms with E-state index in [1.807, 2.05) is 12.4 Å². The molecule has 46 heavy (non-hydrogen) atoms. The summed E-state index contributed by atoms with van der Waals surface area (Å²) in [5, 5.41) is 23.5. The molecule has 9 aliphatic rings. The molecule has 4 nitrogen and oxygen atoms in total. The highest BCUT2D eigenvalue weighted by Gasteiger charge is 2.54. The molecular formula is C42H54N2O2. The Morgan fingerprint density at radius 3 is 1.20 bits per heavy atom. The zero-order valence-electron chi connectivity index (χ0n) is 28.2. The van der Waals surface area contributed by atoms with Gasteiger partial charge >= 0.3 is 0 Å². The summed E-state index contributed by atoms with van der Waals surface area (Å²) in [5.41, 5.74) is 6.96. The van der Waals surface area contributed by atoms with Gasteiger partial charge in [-0.1, -0.05) is 25.0 Å². The van der Waals surface area contributed by atoms with Crippen molar-refractivity contribution >= 4 is 12.4 Å². The highest BCUT2D eigenvalue weighted by atomic mass is 16.3. The number of phenolic OH excluding ortho intramolecular Hbond substituents is 2. The zero-order valence-corrected chi connectivity index (χ0v) is 28.2. The lowest BCUT2D eigenvalue weighted by atomic mass is 9.48. The van der Waals surface area contributed by atoms with Gasteiger partial charge in [-0.3, -0.25) is 9.98 Å². The molecule has 2 atom stereocenters. The van der Waals surface area contributed by atoms with Crippen LogP contribution in [0.3, 0.4) is 0 Å². The Labute approximate surface area is 276 Å². The fraction of sp³-hybridized carbons (Fsp3) is 0.667. The van der Waals surface area contributed by atoms with E-state index in [0.717, 1.165) is 72.3 Å². The summed E-state index contributed by atoms with van der Waals surface area (Å²) < 4.78 is 0. The van der Waals surface area contributed by atoms with Crippen LogP contribution in [0.2, 0.25) is 0 Å². The molecule has 0 spiro atoms. The Morgan fingerprint density at radius 2 is 0.870 bits per heavy atom. The van der Waals surface area contributed by atoms with Crippen molar-refractivity contribution in [2.75, 3.05) is 0 Å². The molecule has 9 aliphatic carbocycles. The molecule has 2 N–H and O–H groups in total. The van der Waals surface area contributed by atoms with Gasteiger partial charge in [0.2, 0.25) is 0 Å². The van der Waals surface area contributed by atoms with Crippen molar-refractivity contribution in [2.24, 2.45) is 45.5 Å². The molecule has 0 heterocycles. The second kappa shape index (κ2) is 11.0. The van der Waals surface area contributed by atoms with Crippen LogP contribution in [0, 0.1) is 49.4 Å². The maximum atomic E-state index is 11.7. The Hall–Kier alpha value is -2.62. The predicted molar refractivity (Wildman–Crippen MR) is 187 cm³/mol. The molecule has 2 aromatic rings. The van der Waals surface area contributed by atoms with E-state index in [0.29, 0.717) is 11.5 Å². The van der Waals surface area contributed by atoms with Crippen LogP contribution in [0.5, 0.6) is 11.5 Å². The first-order chi connectivity index (χ1) is 22.2. The standard InChI is InChI=1S/C42H54N2O2/c1-25-7-33(39(45)35(9-25)41-17-27-11-28(18-41)13-29(12-27)19-41)23-43-37-5-3-4-6-38(37)44-24-34-8-26(2)10-36(40(34)46)42-20-30-14-31(21-42)16-32(15-30)22-42/h7-10,23-24,27-32,37-38,45-46H,3-6,11-22H2,1-2H3/t27?,28?,29?,30?,31?,32?,37-,38-,41?,42?/m1/s1. The summed E-state index contributed by atoms with van der Waals surface area (Å²) in [7, 11) is 0. The van der Waals surface area contributed by atoms with E-state index in [1.165, 1.54) is 99.3 Å². The molecule has 8 bridgehead atoms. The second-order valence-corrected chi connectivity index (χ2v) is 17.9. The molecular weight excluding hydrogens is 564 g/mol. The van der Waals surface area contributed by atoms with Gasteiger partial charge in [0.1, 0.15) is 11.5 Å². The van der Waals surface area contributed by atoms with E-state index in [2.05, 4.69) is 38.1 Å². The molecule has 0 aliphatic heterocycles. The van der Waals surface area contributed by atoms with Crippen LogP contribution < -0.4 is 0 Å². The first-order valence-corrected chi connectivity index (χ1v) is 19.0. The van der Waals surface area contributed by atoms with Crippen molar-refractivity contribution in [1.29, 1.82) is 0 Å². The average Bonchev–Trinajstić information content (AvgIpc) is 3.00. The molecule has 0 amide bonds. The lowest BCUT2D eigenvalue weighted by molar-refractivity contribution is -0.00631. The summed E-state index contributed by atoms with van der Waals surface area (Å²) in [6.07, 6.45) is 24.3. The van der Waals surface area contributed by atoms with Crippen LogP contribution in [-0.4, -0.2) is 34.7 Å². The van der Waals surface area contributed by atoms with Crippen molar-refractivity contribution in [1.82, 2.24) is 0 Å². The number of hydrogen-bond acceptors (Lipinski definition) is 4. The van der Waals surface area contributed by atoms with Crippen molar-refractivity contribution in [3.05, 3.63) is 57.6 Å². The quantitative estimate of drug-likeness (QED) is 0.317. The van der Waals surface area contributed by atoms with Crippen LogP contribution in [0.15, 0.2) is 34.3 Å². The van der Waals surface area contributed by atoms with Gasteiger partial charge in [0, 0.05) is 34.7 Å². The van der Waals surface area contributed by atoms with Crippen LogP contribution in [-0.2, 0) is 10.8 Å². The van der Waals surface area contributed by atoms with Crippen LogP contribution in [0.4, 0.5) is 0 Å². The third-order valence-electron chi connectivity index (χ3n) is 14.3. The molecule has 9 fully saturated rings. The Balaban J connectivity index is 0.975. The molecule has 11 rings (SSSR count). The molecule has 0 unspecified atom stereocenters. The number of nitrogens with zero attached hydrogens (tertiary/aromatic N) is 2.